The third-order valence-corrected chi connectivity index (χ3v) is 7.88. The van der Waals surface area contributed by atoms with Crippen LogP contribution in [-0.4, -0.2) is 44.9 Å². The molecule has 0 saturated heterocycles. The van der Waals surface area contributed by atoms with Crippen molar-refractivity contribution in [1.82, 2.24) is 23.6 Å². The number of fused-ring (bicyclic) bond motifs is 4. The lowest BCUT2D eigenvalue weighted by molar-refractivity contribution is 0.386. The van der Waals surface area contributed by atoms with Crippen LogP contribution in [0.1, 0.15) is 16.8 Å². The predicted octanol–water partition coefficient (Wildman–Crippen LogP) is 1.71. The van der Waals surface area contributed by atoms with Gasteiger partial charge in [-0.15, -0.1) is 11.3 Å². The molecule has 0 spiro atoms. The molecular formula is C19H19N5O3S2. The first kappa shape index (κ1) is 18.5. The van der Waals surface area contributed by atoms with E-state index in [9.17, 15) is 13.2 Å². The number of pyridine rings is 1. The first-order chi connectivity index (χ1) is 13.8. The van der Waals surface area contributed by atoms with Crippen molar-refractivity contribution in [2.75, 3.05) is 12.8 Å². The first-order valence-electron chi connectivity index (χ1n) is 9.16. The van der Waals surface area contributed by atoms with Crippen molar-refractivity contribution in [2.45, 2.75) is 19.5 Å². The van der Waals surface area contributed by atoms with Gasteiger partial charge in [0.2, 0.25) is 10.0 Å². The highest BCUT2D eigenvalue weighted by Gasteiger charge is 2.28. The van der Waals surface area contributed by atoms with Gasteiger partial charge in [0.15, 0.2) is 0 Å². The minimum Gasteiger partial charge on any atom is -0.342 e. The summed E-state index contributed by atoms with van der Waals surface area (Å²) < 4.78 is 29.8. The third-order valence-electron chi connectivity index (χ3n) is 5.61. The Kier molecular flexibility index (Phi) is 4.12. The van der Waals surface area contributed by atoms with E-state index < -0.39 is 10.0 Å². The van der Waals surface area contributed by atoms with Gasteiger partial charge in [-0.05, 0) is 29.0 Å². The molecule has 5 heterocycles. The maximum atomic E-state index is 13.2. The van der Waals surface area contributed by atoms with Gasteiger partial charge in [0.1, 0.15) is 5.52 Å². The third kappa shape index (κ3) is 2.90. The second-order valence-corrected chi connectivity index (χ2v) is 10.2. The maximum Gasteiger partial charge on any atom is 0.291 e. The summed E-state index contributed by atoms with van der Waals surface area (Å²) in [7, 11) is -1.46. The quantitative estimate of drug-likeness (QED) is 0.495. The molecule has 4 aromatic rings. The van der Waals surface area contributed by atoms with Gasteiger partial charge in [0, 0.05) is 47.2 Å². The molecule has 8 nitrogen and oxygen atoms in total. The molecule has 0 bridgehead atoms. The largest absolute Gasteiger partial charge is 0.342 e. The summed E-state index contributed by atoms with van der Waals surface area (Å²) in [5.41, 5.74) is 3.28. The zero-order valence-electron chi connectivity index (χ0n) is 16.0. The SMILES string of the molecule is Cn1c2c(c3cnn(Cc4csc5ccncc45)c(=O)c31)CCN(S(C)(=O)=O)C2. The number of nitrogens with zero attached hydrogens (tertiary/aromatic N) is 5. The Hall–Kier alpha value is -2.56. The van der Waals surface area contributed by atoms with Crippen molar-refractivity contribution in [3.8, 4) is 0 Å². The van der Waals surface area contributed by atoms with E-state index in [0.717, 1.165) is 32.3 Å². The number of aromatic nitrogens is 4. The second kappa shape index (κ2) is 6.48. The summed E-state index contributed by atoms with van der Waals surface area (Å²) in [6.07, 6.45) is 7.10. The molecule has 0 saturated carbocycles. The van der Waals surface area contributed by atoms with Gasteiger partial charge in [-0.3, -0.25) is 9.78 Å². The fourth-order valence-electron chi connectivity index (χ4n) is 4.08. The van der Waals surface area contributed by atoms with Crippen LogP contribution >= 0.6 is 11.3 Å². The molecule has 0 N–H and O–H groups in total. The molecule has 1 aliphatic heterocycles. The first-order valence-corrected chi connectivity index (χ1v) is 11.9. The molecule has 10 heteroatoms. The van der Waals surface area contributed by atoms with Crippen molar-refractivity contribution in [2.24, 2.45) is 7.05 Å². The van der Waals surface area contributed by atoms with Crippen molar-refractivity contribution in [3.63, 3.8) is 0 Å². The molecule has 29 heavy (non-hydrogen) atoms. The van der Waals surface area contributed by atoms with Crippen molar-refractivity contribution in [1.29, 1.82) is 0 Å². The number of aryl methyl sites for hydroxylation is 1. The van der Waals surface area contributed by atoms with Crippen LogP contribution in [0, 0.1) is 0 Å². The molecule has 1 aliphatic rings. The van der Waals surface area contributed by atoms with Crippen LogP contribution in [0.15, 0.2) is 34.8 Å². The highest BCUT2D eigenvalue weighted by atomic mass is 32.2. The van der Waals surface area contributed by atoms with E-state index in [-0.39, 0.29) is 12.1 Å². The lowest BCUT2D eigenvalue weighted by Crippen LogP contribution is -2.35. The molecule has 0 aromatic carbocycles. The van der Waals surface area contributed by atoms with E-state index in [1.165, 1.54) is 15.2 Å². The Bertz CT molecular complexity index is 1430. The van der Waals surface area contributed by atoms with E-state index in [0.29, 0.717) is 25.0 Å². The zero-order chi connectivity index (χ0) is 20.3. The summed E-state index contributed by atoms with van der Waals surface area (Å²) in [5.74, 6) is 0. The van der Waals surface area contributed by atoms with Crippen LogP contribution in [0.5, 0.6) is 0 Å². The minimum atomic E-state index is -3.28. The van der Waals surface area contributed by atoms with Gasteiger partial charge >= 0.3 is 0 Å². The second-order valence-electron chi connectivity index (χ2n) is 7.33. The Morgan fingerprint density at radius 1 is 1.24 bits per heavy atom. The van der Waals surface area contributed by atoms with Crippen LogP contribution in [0.2, 0.25) is 0 Å². The van der Waals surface area contributed by atoms with Gasteiger partial charge < -0.3 is 4.57 Å². The molecule has 150 valence electrons. The fourth-order valence-corrected chi connectivity index (χ4v) is 5.78. The molecule has 0 radical (unpaired) electrons. The Labute approximate surface area is 171 Å². The molecule has 0 amide bonds. The van der Waals surface area contributed by atoms with Gasteiger partial charge in [-0.1, -0.05) is 0 Å². The van der Waals surface area contributed by atoms with Crippen LogP contribution in [0.25, 0.3) is 21.0 Å². The van der Waals surface area contributed by atoms with Gasteiger partial charge in [0.25, 0.3) is 5.56 Å². The van der Waals surface area contributed by atoms with E-state index in [2.05, 4.69) is 10.1 Å². The number of thiophene rings is 1. The number of hydrogen-bond acceptors (Lipinski definition) is 6. The highest BCUT2D eigenvalue weighted by Crippen LogP contribution is 2.29. The zero-order valence-corrected chi connectivity index (χ0v) is 17.6. The topological polar surface area (TPSA) is 90.1 Å². The highest BCUT2D eigenvalue weighted by molar-refractivity contribution is 7.88. The summed E-state index contributed by atoms with van der Waals surface area (Å²) in [6.45, 7) is 1.06. The Balaban J connectivity index is 1.61. The Morgan fingerprint density at radius 2 is 2.07 bits per heavy atom. The van der Waals surface area contributed by atoms with E-state index >= 15 is 0 Å². The summed E-state index contributed by atoms with van der Waals surface area (Å²) >= 11 is 1.62. The Morgan fingerprint density at radius 3 is 2.86 bits per heavy atom. The van der Waals surface area contributed by atoms with Crippen LogP contribution in [-0.2, 0) is 36.6 Å². The van der Waals surface area contributed by atoms with Gasteiger partial charge in [-0.25, -0.2) is 13.1 Å². The van der Waals surface area contributed by atoms with Crippen LogP contribution in [0.3, 0.4) is 0 Å². The molecular weight excluding hydrogens is 410 g/mol. The molecule has 0 atom stereocenters. The monoisotopic (exact) mass is 429 g/mol. The number of hydrogen-bond donors (Lipinski definition) is 0. The predicted molar refractivity (Wildman–Crippen MR) is 113 cm³/mol. The average molecular weight is 430 g/mol. The molecule has 0 aliphatic carbocycles. The lowest BCUT2D eigenvalue weighted by atomic mass is 10.1. The maximum absolute atomic E-state index is 13.2. The smallest absolute Gasteiger partial charge is 0.291 e. The lowest BCUT2D eigenvalue weighted by Gasteiger charge is -2.25. The molecule has 0 unspecified atom stereocenters. The normalized spacial score (nSPS) is 15.2. The number of sulfonamides is 1. The number of rotatable bonds is 3. The molecule has 0 fully saturated rings. The van der Waals surface area contributed by atoms with E-state index in [4.69, 9.17) is 0 Å². The summed E-state index contributed by atoms with van der Waals surface area (Å²) in [4.78, 5) is 17.4. The fraction of sp³-hybridized carbons (Fsp3) is 0.316. The van der Waals surface area contributed by atoms with E-state index in [1.807, 2.05) is 29.3 Å². The van der Waals surface area contributed by atoms with E-state index in [1.54, 1.807) is 23.7 Å². The van der Waals surface area contributed by atoms with Crippen LogP contribution < -0.4 is 5.56 Å². The summed E-state index contributed by atoms with van der Waals surface area (Å²) in [6, 6.07) is 1.96. The van der Waals surface area contributed by atoms with Crippen molar-refractivity contribution >= 4 is 42.3 Å². The standard InChI is InChI=1S/C19H19N5O3S2/c1-22-16-10-23(29(2,26)27)6-4-13(16)15-8-21-24(19(25)18(15)22)9-12-11-28-17-3-5-20-7-14(12)17/h3,5,7-8,11H,4,6,9-10H2,1-2H3. The van der Waals surface area contributed by atoms with Crippen LogP contribution in [0.4, 0.5) is 0 Å². The van der Waals surface area contributed by atoms with Gasteiger partial charge in [0.05, 0.1) is 25.5 Å². The summed E-state index contributed by atoms with van der Waals surface area (Å²) in [5, 5.41) is 8.30. The van der Waals surface area contributed by atoms with Gasteiger partial charge in [-0.2, -0.15) is 9.40 Å². The molecule has 5 rings (SSSR count). The minimum absolute atomic E-state index is 0.173. The van der Waals surface area contributed by atoms with Crippen molar-refractivity contribution in [3.05, 3.63) is 57.2 Å². The average Bonchev–Trinajstić information content (AvgIpc) is 3.23. The van der Waals surface area contributed by atoms with Crippen molar-refractivity contribution < 1.29 is 8.42 Å². The molecule has 4 aromatic heterocycles.